The summed E-state index contributed by atoms with van der Waals surface area (Å²) in [4.78, 5) is 12.2. The Labute approximate surface area is 172 Å². The Morgan fingerprint density at radius 3 is 2.07 bits per heavy atom. The molecule has 0 fully saturated rings. The highest BCUT2D eigenvalue weighted by atomic mass is 79.9. The van der Waals surface area contributed by atoms with Crippen LogP contribution in [0.2, 0.25) is 0 Å². The fourth-order valence-electron chi connectivity index (χ4n) is 2.62. The van der Waals surface area contributed by atoms with E-state index in [9.17, 15) is 4.79 Å². The molecule has 1 N–H and O–H groups in total. The summed E-state index contributed by atoms with van der Waals surface area (Å²) in [5.74, 6) is 1.52. The van der Waals surface area contributed by atoms with Crippen LogP contribution in [0.15, 0.2) is 71.2 Å². The zero-order valence-corrected chi connectivity index (χ0v) is 17.2. The number of halogens is 1. The summed E-state index contributed by atoms with van der Waals surface area (Å²) in [6, 6.07) is 20.9. The number of carbonyl (C=O) groups excluding carboxylic acids is 1. The van der Waals surface area contributed by atoms with Gasteiger partial charge in [-0.2, -0.15) is 0 Å². The molecule has 0 radical (unpaired) electrons. The summed E-state index contributed by atoms with van der Waals surface area (Å²) < 4.78 is 17.0. The van der Waals surface area contributed by atoms with Gasteiger partial charge in [-0.25, -0.2) is 0 Å². The summed E-state index contributed by atoms with van der Waals surface area (Å²) >= 11 is 3.43. The lowest BCUT2D eigenvalue weighted by Gasteiger charge is -2.12. The van der Waals surface area contributed by atoms with Gasteiger partial charge in [-0.1, -0.05) is 40.2 Å². The summed E-state index contributed by atoms with van der Waals surface area (Å²) in [6.07, 6.45) is 0. The molecular weight excluding hydrogens is 422 g/mol. The van der Waals surface area contributed by atoms with Gasteiger partial charge in [-0.05, 0) is 47.5 Å². The molecule has 0 atom stereocenters. The van der Waals surface area contributed by atoms with Gasteiger partial charge >= 0.3 is 0 Å². The Kier molecular flexibility index (Phi) is 6.55. The highest BCUT2D eigenvalue weighted by Crippen LogP contribution is 2.29. The number of hydrogen-bond acceptors (Lipinski definition) is 4. The Morgan fingerprint density at radius 1 is 0.857 bits per heavy atom. The molecule has 144 valence electrons. The van der Waals surface area contributed by atoms with E-state index in [1.165, 1.54) is 7.11 Å². The molecule has 28 heavy (non-hydrogen) atoms. The molecule has 3 aromatic carbocycles. The molecule has 0 aliphatic rings. The highest BCUT2D eigenvalue weighted by molar-refractivity contribution is 9.10. The normalized spacial score (nSPS) is 10.2. The van der Waals surface area contributed by atoms with E-state index in [1.54, 1.807) is 25.3 Å². The Balaban J connectivity index is 1.58. The van der Waals surface area contributed by atoms with Crippen molar-refractivity contribution >= 4 is 27.5 Å². The third-order valence-corrected chi connectivity index (χ3v) is 4.61. The van der Waals surface area contributed by atoms with Gasteiger partial charge in [0.25, 0.3) is 5.91 Å². The van der Waals surface area contributed by atoms with Crippen molar-refractivity contribution in [3.8, 4) is 28.4 Å². The smallest absolute Gasteiger partial charge is 0.262 e. The summed E-state index contributed by atoms with van der Waals surface area (Å²) in [6.45, 7) is -0.104. The van der Waals surface area contributed by atoms with Crippen LogP contribution in [0.4, 0.5) is 5.69 Å². The number of carbonyl (C=O) groups is 1. The highest BCUT2D eigenvalue weighted by Gasteiger charge is 2.10. The molecule has 6 heteroatoms. The molecule has 3 aromatic rings. The summed E-state index contributed by atoms with van der Waals surface area (Å²) in [5, 5.41) is 2.78. The zero-order chi connectivity index (χ0) is 19.9. The van der Waals surface area contributed by atoms with Crippen molar-refractivity contribution in [3.63, 3.8) is 0 Å². The van der Waals surface area contributed by atoms with Crippen LogP contribution in [0.3, 0.4) is 0 Å². The van der Waals surface area contributed by atoms with Gasteiger partial charge in [0.05, 0.1) is 19.9 Å². The number of hydrogen-bond donors (Lipinski definition) is 1. The van der Waals surface area contributed by atoms with E-state index < -0.39 is 0 Å². The number of anilines is 1. The first-order valence-electron chi connectivity index (χ1n) is 8.59. The second-order valence-electron chi connectivity index (χ2n) is 5.93. The van der Waals surface area contributed by atoms with Gasteiger partial charge in [0, 0.05) is 10.5 Å². The maximum atomic E-state index is 12.2. The van der Waals surface area contributed by atoms with E-state index in [0.29, 0.717) is 22.9 Å². The molecular formula is C22H20BrNO4. The third-order valence-electron chi connectivity index (χ3n) is 4.08. The Morgan fingerprint density at radius 2 is 1.46 bits per heavy atom. The molecule has 0 saturated heterocycles. The number of methoxy groups -OCH3 is 2. The summed E-state index contributed by atoms with van der Waals surface area (Å²) in [7, 11) is 3.11. The SMILES string of the molecule is COc1ccc(NC(=O)COc2ccc(-c3ccc(Br)cc3)cc2)c(OC)c1. The van der Waals surface area contributed by atoms with Crippen LogP contribution in [0.25, 0.3) is 11.1 Å². The first-order valence-corrected chi connectivity index (χ1v) is 9.39. The average molecular weight is 442 g/mol. The first kappa shape index (κ1) is 19.8. The third kappa shape index (κ3) is 5.04. The minimum absolute atomic E-state index is 0.104. The molecule has 1 amide bonds. The van der Waals surface area contributed by atoms with E-state index >= 15 is 0 Å². The molecule has 5 nitrogen and oxygen atoms in total. The Hall–Kier alpha value is -2.99. The lowest BCUT2D eigenvalue weighted by atomic mass is 10.1. The number of benzene rings is 3. The molecule has 0 saturated carbocycles. The van der Waals surface area contributed by atoms with E-state index in [2.05, 4.69) is 21.2 Å². The fraction of sp³-hybridized carbons (Fsp3) is 0.136. The minimum atomic E-state index is -0.277. The summed E-state index contributed by atoms with van der Waals surface area (Å²) in [5.41, 5.74) is 2.74. The van der Waals surface area contributed by atoms with Crippen LogP contribution in [0.1, 0.15) is 0 Å². The quantitative estimate of drug-likeness (QED) is 0.550. The predicted octanol–water partition coefficient (Wildman–Crippen LogP) is 5.15. The van der Waals surface area contributed by atoms with Crippen molar-refractivity contribution in [2.75, 3.05) is 26.1 Å². The zero-order valence-electron chi connectivity index (χ0n) is 15.6. The van der Waals surface area contributed by atoms with Crippen LogP contribution >= 0.6 is 15.9 Å². The van der Waals surface area contributed by atoms with Crippen LogP contribution in [-0.2, 0) is 4.79 Å². The van der Waals surface area contributed by atoms with Gasteiger partial charge in [0.1, 0.15) is 17.2 Å². The molecule has 0 unspecified atom stereocenters. The van der Waals surface area contributed by atoms with E-state index in [4.69, 9.17) is 14.2 Å². The number of nitrogens with one attached hydrogen (secondary N) is 1. The van der Waals surface area contributed by atoms with Crippen LogP contribution in [-0.4, -0.2) is 26.7 Å². The molecule has 3 rings (SSSR count). The van der Waals surface area contributed by atoms with Crippen molar-refractivity contribution < 1.29 is 19.0 Å². The number of rotatable bonds is 7. The average Bonchev–Trinajstić information content (AvgIpc) is 2.73. The van der Waals surface area contributed by atoms with Gasteiger partial charge in [-0.15, -0.1) is 0 Å². The van der Waals surface area contributed by atoms with Crippen molar-refractivity contribution in [2.45, 2.75) is 0 Å². The van der Waals surface area contributed by atoms with Crippen LogP contribution in [0.5, 0.6) is 17.2 Å². The largest absolute Gasteiger partial charge is 0.497 e. The Bertz CT molecular complexity index is 940. The maximum absolute atomic E-state index is 12.2. The molecule has 0 aromatic heterocycles. The monoisotopic (exact) mass is 441 g/mol. The number of amides is 1. The molecule has 0 heterocycles. The molecule has 0 spiro atoms. The second-order valence-corrected chi connectivity index (χ2v) is 6.85. The van der Waals surface area contributed by atoms with Crippen LogP contribution < -0.4 is 19.5 Å². The topological polar surface area (TPSA) is 56.8 Å². The van der Waals surface area contributed by atoms with Gasteiger partial charge in [0.2, 0.25) is 0 Å². The second kappa shape index (κ2) is 9.28. The first-order chi connectivity index (χ1) is 13.6. The lowest BCUT2D eigenvalue weighted by Crippen LogP contribution is -2.20. The van der Waals surface area contributed by atoms with E-state index in [1.807, 2.05) is 48.5 Å². The molecule has 0 aliphatic carbocycles. The van der Waals surface area contributed by atoms with Crippen LogP contribution in [0, 0.1) is 0 Å². The fourth-order valence-corrected chi connectivity index (χ4v) is 2.89. The van der Waals surface area contributed by atoms with E-state index in [0.717, 1.165) is 15.6 Å². The lowest BCUT2D eigenvalue weighted by molar-refractivity contribution is -0.118. The standard InChI is InChI=1S/C22H20BrNO4/c1-26-19-11-12-20(21(13-19)27-2)24-22(25)14-28-18-9-5-16(6-10-18)15-3-7-17(23)8-4-15/h3-13H,14H2,1-2H3,(H,24,25). The number of ether oxygens (including phenoxy) is 3. The van der Waals surface area contributed by atoms with Crippen molar-refractivity contribution in [2.24, 2.45) is 0 Å². The van der Waals surface area contributed by atoms with Crippen molar-refractivity contribution in [1.29, 1.82) is 0 Å². The van der Waals surface area contributed by atoms with Gasteiger partial charge in [-0.3, -0.25) is 4.79 Å². The maximum Gasteiger partial charge on any atom is 0.262 e. The van der Waals surface area contributed by atoms with Crippen molar-refractivity contribution in [3.05, 3.63) is 71.2 Å². The minimum Gasteiger partial charge on any atom is -0.497 e. The predicted molar refractivity (Wildman–Crippen MR) is 113 cm³/mol. The van der Waals surface area contributed by atoms with Gasteiger partial charge < -0.3 is 19.5 Å². The molecule has 0 aliphatic heterocycles. The van der Waals surface area contributed by atoms with Gasteiger partial charge in [0.15, 0.2) is 6.61 Å². The van der Waals surface area contributed by atoms with E-state index in [-0.39, 0.29) is 12.5 Å². The van der Waals surface area contributed by atoms with Crippen molar-refractivity contribution in [1.82, 2.24) is 0 Å². The molecule has 0 bridgehead atoms.